The molecular formula is C32H39N5O6S. The van der Waals surface area contributed by atoms with Crippen molar-refractivity contribution in [1.29, 1.82) is 0 Å². The number of aromatic nitrogens is 2. The summed E-state index contributed by atoms with van der Waals surface area (Å²) in [5, 5.41) is 2.81. The van der Waals surface area contributed by atoms with Crippen LogP contribution in [-0.2, 0) is 14.8 Å². The number of alkyl carbamates (subject to hydrolysis) is 1. The van der Waals surface area contributed by atoms with E-state index < -0.39 is 16.1 Å². The lowest BCUT2D eigenvalue weighted by Crippen LogP contribution is -2.59. The smallest absolute Gasteiger partial charge is 0.407 e. The highest BCUT2D eigenvalue weighted by Gasteiger charge is 2.42. The maximum Gasteiger partial charge on any atom is 0.407 e. The molecule has 3 aromatic rings. The Bertz CT molecular complexity index is 1660. The number of ether oxygens (including phenoxy) is 2. The van der Waals surface area contributed by atoms with Crippen LogP contribution in [0.4, 0.5) is 10.7 Å². The van der Waals surface area contributed by atoms with Gasteiger partial charge in [-0.05, 0) is 67.9 Å². The van der Waals surface area contributed by atoms with E-state index in [-0.39, 0.29) is 58.3 Å². The predicted octanol–water partition coefficient (Wildman–Crippen LogP) is 5.09. The highest BCUT2D eigenvalue weighted by Crippen LogP contribution is 2.35. The molecule has 0 spiro atoms. The highest BCUT2D eigenvalue weighted by molar-refractivity contribution is 7.92. The van der Waals surface area contributed by atoms with E-state index in [9.17, 15) is 18.0 Å². The van der Waals surface area contributed by atoms with Crippen molar-refractivity contribution in [2.75, 3.05) is 18.4 Å². The van der Waals surface area contributed by atoms with Gasteiger partial charge in [0.25, 0.3) is 15.9 Å². The van der Waals surface area contributed by atoms with Gasteiger partial charge in [0.15, 0.2) is 0 Å². The lowest BCUT2D eigenvalue weighted by molar-refractivity contribution is 0.0167. The van der Waals surface area contributed by atoms with Gasteiger partial charge in [-0.25, -0.2) is 22.9 Å². The summed E-state index contributed by atoms with van der Waals surface area (Å²) in [5.41, 5.74) is 3.37. The van der Waals surface area contributed by atoms with Crippen molar-refractivity contribution < 1.29 is 27.5 Å². The third-order valence-corrected chi connectivity index (χ3v) is 9.30. The number of aryl methyl sites for hydroxylation is 2. The van der Waals surface area contributed by atoms with Crippen LogP contribution < -0.4 is 14.8 Å². The molecule has 5 rings (SSSR count). The molecule has 0 unspecified atom stereocenters. The maximum atomic E-state index is 14.3. The molecule has 11 nitrogen and oxygen atoms in total. The quantitative estimate of drug-likeness (QED) is 0.411. The summed E-state index contributed by atoms with van der Waals surface area (Å²) in [6, 6.07) is 12.8. The number of carbonyl (C=O) groups is 2. The number of amides is 2. The third kappa shape index (κ3) is 6.80. The Morgan fingerprint density at radius 3 is 2.43 bits per heavy atom. The van der Waals surface area contributed by atoms with Crippen LogP contribution in [0.5, 0.6) is 5.88 Å². The first-order chi connectivity index (χ1) is 20.7. The normalized spacial score (nSPS) is 21.4. The van der Waals surface area contributed by atoms with Gasteiger partial charge in [-0.1, -0.05) is 45.0 Å². The molecule has 1 saturated carbocycles. The van der Waals surface area contributed by atoms with Gasteiger partial charge in [0.1, 0.15) is 6.61 Å². The number of anilines is 1. The van der Waals surface area contributed by atoms with Gasteiger partial charge in [0, 0.05) is 29.3 Å². The van der Waals surface area contributed by atoms with Gasteiger partial charge >= 0.3 is 6.09 Å². The zero-order valence-electron chi connectivity index (χ0n) is 25.9. The highest BCUT2D eigenvalue weighted by atomic mass is 32.2. The molecular weight excluding hydrogens is 582 g/mol. The molecule has 234 valence electrons. The monoisotopic (exact) mass is 621 g/mol. The van der Waals surface area contributed by atoms with E-state index in [2.05, 4.69) is 40.8 Å². The molecule has 0 saturated heterocycles. The molecule has 1 fully saturated rings. The van der Waals surface area contributed by atoms with Crippen molar-refractivity contribution in [3.8, 4) is 17.1 Å². The molecule has 2 aromatic carbocycles. The van der Waals surface area contributed by atoms with Crippen molar-refractivity contribution in [3.63, 3.8) is 0 Å². The minimum Gasteiger partial charge on any atom is -0.475 e. The van der Waals surface area contributed by atoms with Crippen LogP contribution in [0.25, 0.3) is 11.3 Å². The summed E-state index contributed by atoms with van der Waals surface area (Å²) in [4.78, 5) is 36.8. The van der Waals surface area contributed by atoms with Crippen molar-refractivity contribution in [1.82, 2.24) is 20.2 Å². The minimum atomic E-state index is -4.16. The number of sulfonamides is 1. The molecule has 1 aliphatic carbocycles. The number of rotatable bonds is 4. The van der Waals surface area contributed by atoms with E-state index in [1.807, 2.05) is 32.0 Å². The molecule has 1 atom stereocenters. The number of benzene rings is 2. The lowest BCUT2D eigenvalue weighted by atomic mass is 9.81. The van der Waals surface area contributed by atoms with E-state index in [4.69, 9.17) is 9.47 Å². The minimum absolute atomic E-state index is 0.0858. The topological polar surface area (TPSA) is 140 Å². The number of hydrogen-bond donors (Lipinski definition) is 2. The van der Waals surface area contributed by atoms with Crippen LogP contribution >= 0.6 is 0 Å². The zero-order chi connectivity index (χ0) is 31.8. The molecule has 4 bridgehead atoms. The molecule has 12 heteroatoms. The Labute approximate surface area is 258 Å². The number of fused-ring (bicyclic) bond motifs is 4. The van der Waals surface area contributed by atoms with Crippen molar-refractivity contribution >= 4 is 28.0 Å². The van der Waals surface area contributed by atoms with Crippen LogP contribution in [0, 0.1) is 19.3 Å². The van der Waals surface area contributed by atoms with Crippen LogP contribution in [0.2, 0.25) is 0 Å². The second kappa shape index (κ2) is 12.1. The van der Waals surface area contributed by atoms with Crippen LogP contribution in [-0.4, -0.2) is 67.1 Å². The van der Waals surface area contributed by atoms with E-state index in [0.717, 1.165) is 16.7 Å². The summed E-state index contributed by atoms with van der Waals surface area (Å²) >= 11 is 0. The first kappa shape index (κ1) is 31.2. The van der Waals surface area contributed by atoms with Crippen LogP contribution in [0.1, 0.15) is 61.5 Å². The van der Waals surface area contributed by atoms with E-state index in [0.29, 0.717) is 25.0 Å². The standard InChI is InChI=1S/C32H39N5O6S/c1-19-9-7-10-20(2)28(19)26-16-27-35-30(34-26)36-44(40,41)25-12-8-11-21(13-25)29(38)37(24(18-43-27)17-32(3,4)5)23-14-22(15-23)33-31(39)42-6/h7-13,16,22-24H,14-15,17-18H2,1-6H3,(H,33,39)(H,34,35,36)/t22?,23?,24-/m1/s1. The largest absolute Gasteiger partial charge is 0.475 e. The van der Waals surface area contributed by atoms with Gasteiger partial charge in [-0.3, -0.25) is 4.79 Å². The molecule has 0 radical (unpaired) electrons. The molecule has 44 heavy (non-hydrogen) atoms. The van der Waals surface area contributed by atoms with Gasteiger partial charge < -0.3 is 19.7 Å². The van der Waals surface area contributed by atoms with E-state index >= 15 is 0 Å². The average molecular weight is 622 g/mol. The number of carbonyl (C=O) groups excluding carboxylic acids is 2. The number of methoxy groups -OCH3 is 1. The summed E-state index contributed by atoms with van der Waals surface area (Å²) in [5.74, 6) is -0.253. The molecule has 2 amide bonds. The van der Waals surface area contributed by atoms with Gasteiger partial charge in [0.05, 0.1) is 23.7 Å². The van der Waals surface area contributed by atoms with Crippen LogP contribution in [0.15, 0.2) is 53.4 Å². The van der Waals surface area contributed by atoms with Gasteiger partial charge in [-0.15, -0.1) is 0 Å². The Hall–Kier alpha value is -4.19. The summed E-state index contributed by atoms with van der Waals surface area (Å²) < 4.78 is 40.7. The summed E-state index contributed by atoms with van der Waals surface area (Å²) in [6.45, 7) is 10.3. The fraction of sp³-hybridized carbons (Fsp3) is 0.438. The fourth-order valence-corrected chi connectivity index (χ4v) is 6.92. The van der Waals surface area contributed by atoms with Crippen molar-refractivity contribution in [2.45, 2.75) is 76.9 Å². The average Bonchev–Trinajstić information content (AvgIpc) is 2.93. The second-order valence-corrected chi connectivity index (χ2v) is 14.4. The Morgan fingerprint density at radius 2 is 1.77 bits per heavy atom. The number of nitrogens with zero attached hydrogens (tertiary/aromatic N) is 3. The lowest BCUT2D eigenvalue weighted by Gasteiger charge is -2.47. The molecule has 2 N–H and O–H groups in total. The van der Waals surface area contributed by atoms with E-state index in [1.165, 1.54) is 19.2 Å². The summed E-state index contributed by atoms with van der Waals surface area (Å²) in [6.07, 6.45) is 1.12. The Balaban J connectivity index is 1.62. The third-order valence-electron chi connectivity index (χ3n) is 7.97. The summed E-state index contributed by atoms with van der Waals surface area (Å²) in [7, 11) is -2.85. The molecule has 2 aliphatic rings. The Morgan fingerprint density at radius 1 is 1.09 bits per heavy atom. The van der Waals surface area contributed by atoms with Crippen molar-refractivity contribution in [2.24, 2.45) is 5.41 Å². The first-order valence-corrected chi connectivity index (χ1v) is 16.1. The van der Waals surface area contributed by atoms with E-state index in [1.54, 1.807) is 23.1 Å². The molecule has 2 heterocycles. The second-order valence-electron chi connectivity index (χ2n) is 12.7. The van der Waals surface area contributed by atoms with Gasteiger partial charge in [-0.2, -0.15) is 4.98 Å². The van der Waals surface area contributed by atoms with Crippen LogP contribution in [0.3, 0.4) is 0 Å². The SMILES string of the molecule is COC(=O)NC1CC(N2C(=O)c3cccc(c3)S(=O)(=O)Nc3nc(cc(-c4c(C)cccc4C)n3)OC[C@H]2CC(C)(C)C)C1. The molecule has 1 aromatic heterocycles. The number of hydrogen-bond acceptors (Lipinski definition) is 8. The first-order valence-electron chi connectivity index (χ1n) is 14.6. The van der Waals surface area contributed by atoms with Gasteiger partial charge in [0.2, 0.25) is 11.8 Å². The Kier molecular flexibility index (Phi) is 8.57. The predicted molar refractivity (Wildman–Crippen MR) is 166 cm³/mol. The number of nitrogens with one attached hydrogen (secondary N) is 2. The fourth-order valence-electron chi connectivity index (χ4n) is 5.93. The zero-order valence-corrected chi connectivity index (χ0v) is 26.7. The maximum absolute atomic E-state index is 14.3. The van der Waals surface area contributed by atoms with Crippen molar-refractivity contribution in [3.05, 3.63) is 65.2 Å². The molecule has 1 aliphatic heterocycles.